The van der Waals surface area contributed by atoms with Gasteiger partial charge in [-0.25, -0.2) is 0 Å². The van der Waals surface area contributed by atoms with Crippen molar-refractivity contribution in [2.45, 2.75) is 4.90 Å². The minimum Gasteiger partial charge on any atom is -0.497 e. The molecule has 0 bridgehead atoms. The van der Waals surface area contributed by atoms with E-state index in [4.69, 9.17) is 21.1 Å². The number of nitrogens with one attached hydrogen (secondary N) is 2. The van der Waals surface area contributed by atoms with Crippen LogP contribution < -0.4 is 20.1 Å². The van der Waals surface area contributed by atoms with Crippen LogP contribution in [0.4, 0.5) is 11.4 Å². The lowest BCUT2D eigenvalue weighted by Gasteiger charge is -2.09. The normalized spacial score (nSPS) is 10.3. The van der Waals surface area contributed by atoms with Crippen LogP contribution in [0.2, 0.25) is 5.02 Å². The number of amides is 2. The van der Waals surface area contributed by atoms with Gasteiger partial charge in [-0.2, -0.15) is 0 Å². The van der Waals surface area contributed by atoms with E-state index in [1.54, 1.807) is 55.6 Å². The molecule has 0 unspecified atom stereocenters. The molecule has 0 aromatic heterocycles. The van der Waals surface area contributed by atoms with Gasteiger partial charge in [0.2, 0.25) is 5.91 Å². The summed E-state index contributed by atoms with van der Waals surface area (Å²) >= 11 is 7.44. The second-order valence-corrected chi connectivity index (χ2v) is 7.86. The third-order valence-corrected chi connectivity index (χ3v) is 5.52. The standard InChI is InChI=1S/C23H21ClN2O4S/c1-29-18-7-3-5-15(11-18)23(28)26-16-6-4-8-19(12-16)31-14-22(27)25-17-9-10-21(30-2)20(24)13-17/h3-13H,14H2,1-2H3,(H,25,27)(H,26,28). The van der Waals surface area contributed by atoms with Gasteiger partial charge >= 0.3 is 0 Å². The van der Waals surface area contributed by atoms with Crippen molar-refractivity contribution in [1.82, 2.24) is 0 Å². The molecule has 0 aliphatic heterocycles. The molecule has 3 aromatic carbocycles. The fraction of sp³-hybridized carbons (Fsp3) is 0.130. The zero-order valence-corrected chi connectivity index (χ0v) is 18.5. The molecular weight excluding hydrogens is 436 g/mol. The van der Waals surface area contributed by atoms with Gasteiger partial charge in [0.25, 0.3) is 5.91 Å². The second-order valence-electron chi connectivity index (χ2n) is 6.40. The summed E-state index contributed by atoms with van der Waals surface area (Å²) in [4.78, 5) is 25.6. The number of ether oxygens (including phenoxy) is 2. The molecule has 0 aliphatic carbocycles. The van der Waals surface area contributed by atoms with Crippen molar-refractivity contribution in [3.8, 4) is 11.5 Å². The smallest absolute Gasteiger partial charge is 0.255 e. The molecule has 0 saturated carbocycles. The Hall–Kier alpha value is -3.16. The number of methoxy groups -OCH3 is 2. The Morgan fingerprint density at radius 2 is 1.68 bits per heavy atom. The minimum absolute atomic E-state index is 0.169. The van der Waals surface area contributed by atoms with Crippen molar-refractivity contribution in [2.24, 2.45) is 0 Å². The topological polar surface area (TPSA) is 76.7 Å². The van der Waals surface area contributed by atoms with Gasteiger partial charge in [0, 0.05) is 21.8 Å². The summed E-state index contributed by atoms with van der Waals surface area (Å²) in [5.41, 5.74) is 1.73. The molecule has 0 radical (unpaired) electrons. The van der Waals surface area contributed by atoms with Crippen molar-refractivity contribution in [2.75, 3.05) is 30.6 Å². The van der Waals surface area contributed by atoms with E-state index in [-0.39, 0.29) is 17.6 Å². The SMILES string of the molecule is COc1cccc(C(=O)Nc2cccc(SCC(=O)Nc3ccc(OC)c(Cl)c3)c2)c1. The van der Waals surface area contributed by atoms with Crippen LogP contribution >= 0.6 is 23.4 Å². The molecule has 2 amide bonds. The Morgan fingerprint density at radius 3 is 2.42 bits per heavy atom. The molecular formula is C23H21ClN2O4S. The number of anilines is 2. The van der Waals surface area contributed by atoms with Gasteiger partial charge in [0.05, 0.1) is 25.0 Å². The van der Waals surface area contributed by atoms with Crippen LogP contribution in [0, 0.1) is 0 Å². The summed E-state index contributed by atoms with van der Waals surface area (Å²) in [6.45, 7) is 0. The van der Waals surface area contributed by atoms with Crippen LogP contribution in [-0.2, 0) is 4.79 Å². The Kier molecular flexibility index (Phi) is 7.81. The van der Waals surface area contributed by atoms with E-state index in [9.17, 15) is 9.59 Å². The average Bonchev–Trinajstić information content (AvgIpc) is 2.78. The maximum absolute atomic E-state index is 12.5. The summed E-state index contributed by atoms with van der Waals surface area (Å²) in [5, 5.41) is 6.09. The van der Waals surface area contributed by atoms with Crippen molar-refractivity contribution in [1.29, 1.82) is 0 Å². The molecule has 160 valence electrons. The highest BCUT2D eigenvalue weighted by atomic mass is 35.5. The summed E-state index contributed by atoms with van der Waals surface area (Å²) in [7, 11) is 3.08. The Bertz CT molecular complexity index is 1090. The lowest BCUT2D eigenvalue weighted by Crippen LogP contribution is -2.14. The molecule has 3 rings (SSSR count). The molecule has 3 aromatic rings. The largest absolute Gasteiger partial charge is 0.497 e. The monoisotopic (exact) mass is 456 g/mol. The van der Waals surface area contributed by atoms with Crippen molar-refractivity contribution < 1.29 is 19.1 Å². The van der Waals surface area contributed by atoms with Crippen LogP contribution in [0.5, 0.6) is 11.5 Å². The Balaban J connectivity index is 1.57. The van der Waals surface area contributed by atoms with Gasteiger partial charge in [-0.15, -0.1) is 11.8 Å². The number of halogens is 1. The fourth-order valence-electron chi connectivity index (χ4n) is 2.72. The molecule has 31 heavy (non-hydrogen) atoms. The van der Waals surface area contributed by atoms with E-state index in [2.05, 4.69) is 10.6 Å². The maximum Gasteiger partial charge on any atom is 0.255 e. The molecule has 8 heteroatoms. The summed E-state index contributed by atoms with van der Waals surface area (Å²) in [6, 6.07) is 19.3. The highest BCUT2D eigenvalue weighted by molar-refractivity contribution is 8.00. The molecule has 6 nitrogen and oxygen atoms in total. The molecule has 0 saturated heterocycles. The number of rotatable bonds is 8. The maximum atomic E-state index is 12.5. The minimum atomic E-state index is -0.241. The van der Waals surface area contributed by atoms with Gasteiger partial charge in [-0.3, -0.25) is 9.59 Å². The van der Waals surface area contributed by atoms with Gasteiger partial charge in [-0.05, 0) is 54.6 Å². The summed E-state index contributed by atoms with van der Waals surface area (Å²) in [6.07, 6.45) is 0. The highest BCUT2D eigenvalue weighted by Gasteiger charge is 2.09. The lowest BCUT2D eigenvalue weighted by atomic mass is 10.2. The number of hydrogen-bond donors (Lipinski definition) is 2. The zero-order valence-electron chi connectivity index (χ0n) is 17.0. The Labute approximate surface area is 189 Å². The van der Waals surface area contributed by atoms with Gasteiger partial charge in [-0.1, -0.05) is 23.7 Å². The summed E-state index contributed by atoms with van der Waals surface area (Å²) < 4.78 is 10.3. The first-order valence-corrected chi connectivity index (χ1v) is 10.7. The zero-order chi connectivity index (χ0) is 22.2. The number of hydrogen-bond acceptors (Lipinski definition) is 5. The van der Waals surface area contributed by atoms with Crippen LogP contribution in [-0.4, -0.2) is 31.8 Å². The van der Waals surface area contributed by atoms with Crippen molar-refractivity contribution >= 4 is 46.6 Å². The van der Waals surface area contributed by atoms with Gasteiger partial charge in [0.1, 0.15) is 11.5 Å². The molecule has 0 fully saturated rings. The average molecular weight is 457 g/mol. The van der Waals surface area contributed by atoms with Gasteiger partial charge < -0.3 is 20.1 Å². The Morgan fingerprint density at radius 1 is 0.903 bits per heavy atom. The molecule has 2 N–H and O–H groups in total. The number of carbonyl (C=O) groups is 2. The van der Waals surface area contributed by atoms with E-state index >= 15 is 0 Å². The van der Waals surface area contributed by atoms with Crippen molar-refractivity contribution in [3.05, 3.63) is 77.3 Å². The van der Waals surface area contributed by atoms with Crippen molar-refractivity contribution in [3.63, 3.8) is 0 Å². The van der Waals surface area contributed by atoms with E-state index in [0.29, 0.717) is 33.5 Å². The number of benzene rings is 3. The predicted molar refractivity (Wildman–Crippen MR) is 125 cm³/mol. The number of carbonyl (C=O) groups excluding carboxylic acids is 2. The number of thioether (sulfide) groups is 1. The molecule has 0 spiro atoms. The fourth-order valence-corrected chi connectivity index (χ4v) is 3.73. The predicted octanol–water partition coefficient (Wildman–Crippen LogP) is 5.34. The second kappa shape index (κ2) is 10.7. The lowest BCUT2D eigenvalue weighted by molar-refractivity contribution is -0.113. The van der Waals surface area contributed by atoms with Gasteiger partial charge in [0.15, 0.2) is 0 Å². The first-order chi connectivity index (χ1) is 15.0. The van der Waals surface area contributed by atoms with E-state index in [1.807, 2.05) is 18.2 Å². The highest BCUT2D eigenvalue weighted by Crippen LogP contribution is 2.28. The van der Waals surface area contributed by atoms with E-state index in [0.717, 1.165) is 4.90 Å². The summed E-state index contributed by atoms with van der Waals surface area (Å²) in [5.74, 6) is 0.951. The first kappa shape index (κ1) is 22.5. The van der Waals surface area contributed by atoms with Crippen LogP contribution in [0.25, 0.3) is 0 Å². The van der Waals surface area contributed by atoms with Crippen LogP contribution in [0.1, 0.15) is 10.4 Å². The van der Waals surface area contributed by atoms with Crippen LogP contribution in [0.15, 0.2) is 71.6 Å². The third kappa shape index (κ3) is 6.41. The first-order valence-electron chi connectivity index (χ1n) is 9.30. The molecule has 0 aliphatic rings. The quantitative estimate of drug-likeness (QED) is 0.447. The molecule has 0 heterocycles. The van der Waals surface area contributed by atoms with Crippen LogP contribution in [0.3, 0.4) is 0 Å². The van der Waals surface area contributed by atoms with E-state index < -0.39 is 0 Å². The van der Waals surface area contributed by atoms with E-state index in [1.165, 1.54) is 18.9 Å². The molecule has 0 atom stereocenters. The third-order valence-electron chi connectivity index (χ3n) is 4.23.